The third-order valence-electron chi connectivity index (χ3n) is 3.03. The molecule has 0 bridgehead atoms. The second-order valence-electron chi connectivity index (χ2n) is 4.40. The first-order chi connectivity index (χ1) is 8.56. The fraction of sp³-hybridized carbons (Fsp3) is 0.417. The lowest BCUT2D eigenvalue weighted by molar-refractivity contribution is -0.385. The maximum Gasteiger partial charge on any atom is 0.272 e. The number of non-ortho nitro benzene ring substituents is 1. The summed E-state index contributed by atoms with van der Waals surface area (Å²) in [6, 6.07) is 3.45. The molecule has 5 nitrogen and oxygen atoms in total. The fourth-order valence-corrected chi connectivity index (χ4v) is 2.13. The highest BCUT2D eigenvalue weighted by Crippen LogP contribution is 2.20. The van der Waals surface area contributed by atoms with Crippen molar-refractivity contribution in [3.8, 4) is 0 Å². The number of nitro groups is 1. The van der Waals surface area contributed by atoms with Gasteiger partial charge in [-0.05, 0) is 18.1 Å². The average molecular weight is 252 g/mol. The molecule has 0 aliphatic carbocycles. The SMILES string of the molecule is O=C1CCNCC1Cc1cc(F)cc([N+](=O)[O-])c1. The van der Waals surface area contributed by atoms with Crippen LogP contribution in [-0.2, 0) is 11.2 Å². The van der Waals surface area contributed by atoms with Crippen molar-refractivity contribution in [2.45, 2.75) is 12.8 Å². The number of rotatable bonds is 3. The first kappa shape index (κ1) is 12.6. The number of nitrogens with one attached hydrogen (secondary N) is 1. The maximum absolute atomic E-state index is 13.2. The summed E-state index contributed by atoms with van der Waals surface area (Å²) in [6.07, 6.45) is 0.798. The van der Waals surface area contributed by atoms with Gasteiger partial charge >= 0.3 is 0 Å². The molecule has 2 rings (SSSR count). The predicted octanol–water partition coefficient (Wildman–Crippen LogP) is 1.45. The molecular weight excluding hydrogens is 239 g/mol. The van der Waals surface area contributed by atoms with Crippen molar-refractivity contribution in [1.29, 1.82) is 0 Å². The van der Waals surface area contributed by atoms with Crippen molar-refractivity contribution in [2.75, 3.05) is 13.1 Å². The van der Waals surface area contributed by atoms with E-state index >= 15 is 0 Å². The average Bonchev–Trinajstić information content (AvgIpc) is 2.31. The van der Waals surface area contributed by atoms with E-state index in [1.165, 1.54) is 12.1 Å². The van der Waals surface area contributed by atoms with Gasteiger partial charge < -0.3 is 5.32 Å². The number of halogens is 1. The molecule has 96 valence electrons. The number of hydrogen-bond donors (Lipinski definition) is 1. The van der Waals surface area contributed by atoms with E-state index in [4.69, 9.17) is 0 Å². The second-order valence-corrected chi connectivity index (χ2v) is 4.40. The van der Waals surface area contributed by atoms with E-state index in [0.29, 0.717) is 31.5 Å². The van der Waals surface area contributed by atoms with Crippen LogP contribution in [0.1, 0.15) is 12.0 Å². The van der Waals surface area contributed by atoms with Crippen LogP contribution >= 0.6 is 0 Å². The minimum absolute atomic E-state index is 0.126. The third-order valence-corrected chi connectivity index (χ3v) is 3.03. The zero-order chi connectivity index (χ0) is 13.1. The predicted molar refractivity (Wildman–Crippen MR) is 62.7 cm³/mol. The van der Waals surface area contributed by atoms with Gasteiger partial charge in [-0.3, -0.25) is 14.9 Å². The Labute approximate surface area is 103 Å². The molecule has 1 aromatic rings. The number of carbonyl (C=O) groups excluding carboxylic acids is 1. The number of Topliss-reactive ketones (excluding diaryl/α,β-unsaturated/α-hetero) is 1. The van der Waals surface area contributed by atoms with Crippen LogP contribution in [-0.4, -0.2) is 23.8 Å². The standard InChI is InChI=1S/C12H13FN2O3/c13-10-4-8(5-11(6-10)15(17)18)3-9-7-14-2-1-12(9)16/h4-6,9,14H,1-3,7H2. The van der Waals surface area contributed by atoms with E-state index in [-0.39, 0.29) is 17.4 Å². The van der Waals surface area contributed by atoms with Crippen molar-refractivity contribution in [3.05, 3.63) is 39.7 Å². The van der Waals surface area contributed by atoms with Crippen molar-refractivity contribution in [1.82, 2.24) is 5.32 Å². The Kier molecular flexibility index (Phi) is 3.66. The zero-order valence-corrected chi connectivity index (χ0v) is 9.69. The van der Waals surface area contributed by atoms with Gasteiger partial charge in [0, 0.05) is 31.5 Å². The molecule has 0 radical (unpaired) electrons. The smallest absolute Gasteiger partial charge is 0.272 e. The Hall–Kier alpha value is -1.82. The van der Waals surface area contributed by atoms with Crippen LogP contribution in [0.5, 0.6) is 0 Å². The molecule has 1 unspecified atom stereocenters. The van der Waals surface area contributed by atoms with Crippen LogP contribution in [0.4, 0.5) is 10.1 Å². The van der Waals surface area contributed by atoms with Crippen molar-refractivity contribution < 1.29 is 14.1 Å². The van der Waals surface area contributed by atoms with Gasteiger partial charge in [-0.25, -0.2) is 4.39 Å². The van der Waals surface area contributed by atoms with Crippen LogP contribution in [0.2, 0.25) is 0 Å². The summed E-state index contributed by atoms with van der Waals surface area (Å²) in [5.41, 5.74) is 0.213. The Morgan fingerprint density at radius 1 is 1.44 bits per heavy atom. The highest BCUT2D eigenvalue weighted by Gasteiger charge is 2.23. The number of benzene rings is 1. The lowest BCUT2D eigenvalue weighted by Gasteiger charge is -2.21. The minimum atomic E-state index is -0.643. The summed E-state index contributed by atoms with van der Waals surface area (Å²) in [5, 5.41) is 13.7. The summed E-state index contributed by atoms with van der Waals surface area (Å²) in [7, 11) is 0. The molecule has 0 amide bonds. The topological polar surface area (TPSA) is 72.2 Å². The van der Waals surface area contributed by atoms with E-state index in [0.717, 1.165) is 6.07 Å². The molecule has 18 heavy (non-hydrogen) atoms. The van der Waals surface area contributed by atoms with E-state index in [1.54, 1.807) is 0 Å². The summed E-state index contributed by atoms with van der Waals surface area (Å²) < 4.78 is 13.2. The zero-order valence-electron chi connectivity index (χ0n) is 9.69. The normalized spacial score (nSPS) is 19.8. The summed E-state index contributed by atoms with van der Waals surface area (Å²) in [6.45, 7) is 1.21. The molecule has 1 aliphatic rings. The largest absolute Gasteiger partial charge is 0.316 e. The number of nitro benzene ring substituents is 1. The van der Waals surface area contributed by atoms with E-state index in [9.17, 15) is 19.3 Å². The van der Waals surface area contributed by atoms with Gasteiger partial charge in [-0.2, -0.15) is 0 Å². The van der Waals surface area contributed by atoms with Crippen molar-refractivity contribution >= 4 is 11.5 Å². The molecular formula is C12H13FN2O3. The molecule has 1 atom stereocenters. The van der Waals surface area contributed by atoms with Gasteiger partial charge in [0.05, 0.1) is 11.0 Å². The number of hydrogen-bond acceptors (Lipinski definition) is 4. The summed E-state index contributed by atoms with van der Waals surface area (Å²) >= 11 is 0. The van der Waals surface area contributed by atoms with Crippen LogP contribution in [0, 0.1) is 21.8 Å². The molecule has 0 saturated carbocycles. The lowest BCUT2D eigenvalue weighted by atomic mass is 9.91. The van der Waals surface area contributed by atoms with Gasteiger partial charge in [0.1, 0.15) is 11.6 Å². The van der Waals surface area contributed by atoms with E-state index < -0.39 is 10.7 Å². The first-order valence-corrected chi connectivity index (χ1v) is 5.73. The van der Waals surface area contributed by atoms with Crippen molar-refractivity contribution in [2.24, 2.45) is 5.92 Å². The van der Waals surface area contributed by atoms with Crippen LogP contribution in [0.15, 0.2) is 18.2 Å². The quantitative estimate of drug-likeness (QED) is 0.653. The maximum atomic E-state index is 13.2. The van der Waals surface area contributed by atoms with Crippen molar-refractivity contribution in [3.63, 3.8) is 0 Å². The third kappa shape index (κ3) is 2.89. The minimum Gasteiger partial charge on any atom is -0.316 e. The van der Waals surface area contributed by atoms with Crippen LogP contribution in [0.3, 0.4) is 0 Å². The summed E-state index contributed by atoms with van der Waals surface area (Å²) in [5.74, 6) is -0.740. The Morgan fingerprint density at radius 2 is 2.22 bits per heavy atom. The molecule has 1 aromatic carbocycles. The number of nitrogens with zero attached hydrogens (tertiary/aromatic N) is 1. The van der Waals surface area contributed by atoms with Gasteiger partial charge in [-0.15, -0.1) is 0 Å². The summed E-state index contributed by atoms with van der Waals surface area (Å²) in [4.78, 5) is 21.6. The molecule has 1 saturated heterocycles. The Balaban J connectivity index is 2.17. The fourth-order valence-electron chi connectivity index (χ4n) is 2.13. The number of ketones is 1. The first-order valence-electron chi connectivity index (χ1n) is 5.73. The highest BCUT2D eigenvalue weighted by atomic mass is 19.1. The molecule has 1 fully saturated rings. The molecule has 0 spiro atoms. The van der Waals surface area contributed by atoms with Crippen LogP contribution in [0.25, 0.3) is 0 Å². The number of carbonyl (C=O) groups is 1. The monoisotopic (exact) mass is 252 g/mol. The lowest BCUT2D eigenvalue weighted by Crippen LogP contribution is -2.37. The van der Waals surface area contributed by atoms with Gasteiger partial charge in [0.25, 0.3) is 5.69 Å². The Bertz CT molecular complexity index is 490. The number of piperidine rings is 1. The molecule has 1 heterocycles. The molecule has 6 heteroatoms. The van der Waals surface area contributed by atoms with Crippen LogP contribution < -0.4 is 5.32 Å². The highest BCUT2D eigenvalue weighted by molar-refractivity contribution is 5.82. The van der Waals surface area contributed by atoms with Gasteiger partial charge in [-0.1, -0.05) is 0 Å². The Morgan fingerprint density at radius 3 is 2.89 bits per heavy atom. The second kappa shape index (κ2) is 5.22. The van der Waals surface area contributed by atoms with E-state index in [2.05, 4.69) is 5.32 Å². The molecule has 1 N–H and O–H groups in total. The van der Waals surface area contributed by atoms with E-state index in [1.807, 2.05) is 0 Å². The van der Waals surface area contributed by atoms with Gasteiger partial charge in [0.2, 0.25) is 0 Å². The molecule has 1 aliphatic heterocycles. The molecule has 0 aromatic heterocycles. The van der Waals surface area contributed by atoms with Gasteiger partial charge in [0.15, 0.2) is 0 Å².